The molecule has 0 unspecified atom stereocenters. The Labute approximate surface area is 85.9 Å². The first-order chi connectivity index (χ1) is 6.30. The second-order valence-electron chi connectivity index (χ2n) is 4.82. The smallest absolute Gasteiger partial charge is 0.173 e. The zero-order chi connectivity index (χ0) is 10.9. The fourth-order valence-corrected chi connectivity index (χ4v) is 1.44. The zero-order valence-corrected chi connectivity index (χ0v) is 9.92. The van der Waals surface area contributed by atoms with Crippen LogP contribution in [0.4, 0.5) is 5.82 Å². The van der Waals surface area contributed by atoms with E-state index in [1.807, 2.05) is 31.6 Å². The highest BCUT2D eigenvalue weighted by molar-refractivity contribution is 5.81. The maximum absolute atomic E-state index is 4.35. The van der Waals surface area contributed by atoms with Crippen molar-refractivity contribution in [1.29, 1.82) is 0 Å². The molecule has 0 spiro atoms. The maximum Gasteiger partial charge on any atom is 0.173 e. The van der Waals surface area contributed by atoms with Gasteiger partial charge in [0.15, 0.2) is 5.82 Å². The summed E-state index contributed by atoms with van der Waals surface area (Å²) in [5.41, 5.74) is 2.36. The summed E-state index contributed by atoms with van der Waals surface area (Å²) in [6.07, 6.45) is 0. The third-order valence-electron chi connectivity index (χ3n) is 1.97. The maximum atomic E-state index is 4.35. The van der Waals surface area contributed by atoms with Crippen molar-refractivity contribution in [3.63, 3.8) is 0 Å². The third-order valence-corrected chi connectivity index (χ3v) is 1.97. The summed E-state index contributed by atoms with van der Waals surface area (Å²) in [4.78, 5) is 4.34. The van der Waals surface area contributed by atoms with E-state index in [0.29, 0.717) is 0 Å². The van der Waals surface area contributed by atoms with E-state index < -0.39 is 0 Å². The van der Waals surface area contributed by atoms with Gasteiger partial charge in [0, 0.05) is 29.9 Å². The second kappa shape index (κ2) is 3.56. The van der Waals surface area contributed by atoms with Crippen LogP contribution in [0.2, 0.25) is 0 Å². The molecule has 0 aliphatic carbocycles. The molecule has 0 amide bonds. The van der Waals surface area contributed by atoms with E-state index in [2.05, 4.69) is 30.9 Å². The quantitative estimate of drug-likeness (QED) is 0.631. The predicted molar refractivity (Wildman–Crippen MR) is 60.4 cm³/mol. The molecule has 0 atom stereocenters. The molecular weight excluding hydrogens is 174 g/mol. The van der Waals surface area contributed by atoms with Crippen molar-refractivity contribution in [2.24, 2.45) is 12.0 Å². The minimum absolute atomic E-state index is 0.122. The van der Waals surface area contributed by atoms with Gasteiger partial charge >= 0.3 is 0 Å². The Balaban J connectivity index is 3.12. The summed E-state index contributed by atoms with van der Waals surface area (Å²) in [5.74, 6) is 0.803. The SMILES string of the molecule is CC(C)=Nc1cc(C(C)(C)C)n(C)n1. The molecule has 0 saturated heterocycles. The third kappa shape index (κ3) is 2.44. The van der Waals surface area contributed by atoms with Gasteiger partial charge in [-0.15, -0.1) is 0 Å². The normalized spacial score (nSPS) is 11.6. The fourth-order valence-electron chi connectivity index (χ4n) is 1.44. The Hall–Kier alpha value is -1.12. The van der Waals surface area contributed by atoms with Gasteiger partial charge in [-0.2, -0.15) is 5.10 Å². The van der Waals surface area contributed by atoms with Gasteiger partial charge < -0.3 is 0 Å². The standard InChI is InChI=1S/C11H19N3/c1-8(2)12-10-7-9(11(3,4)5)14(6)13-10/h7H,1-6H3. The van der Waals surface area contributed by atoms with Gasteiger partial charge in [-0.05, 0) is 13.8 Å². The molecule has 14 heavy (non-hydrogen) atoms. The largest absolute Gasteiger partial charge is 0.270 e. The number of nitrogens with zero attached hydrogens (tertiary/aromatic N) is 3. The Morgan fingerprint density at radius 1 is 1.36 bits per heavy atom. The molecule has 0 N–H and O–H groups in total. The van der Waals surface area contributed by atoms with E-state index in [-0.39, 0.29) is 5.41 Å². The molecule has 3 heteroatoms. The van der Waals surface area contributed by atoms with Crippen molar-refractivity contribution in [1.82, 2.24) is 9.78 Å². The average molecular weight is 193 g/mol. The van der Waals surface area contributed by atoms with Crippen molar-refractivity contribution < 1.29 is 0 Å². The summed E-state index contributed by atoms with van der Waals surface area (Å²) < 4.78 is 1.90. The van der Waals surface area contributed by atoms with Crippen LogP contribution in [0.1, 0.15) is 40.3 Å². The molecule has 0 aliphatic rings. The van der Waals surface area contributed by atoms with Crippen LogP contribution in [-0.4, -0.2) is 15.5 Å². The summed E-state index contributed by atoms with van der Waals surface area (Å²) in [7, 11) is 1.96. The van der Waals surface area contributed by atoms with Crippen LogP contribution < -0.4 is 0 Å². The van der Waals surface area contributed by atoms with E-state index >= 15 is 0 Å². The lowest BCUT2D eigenvalue weighted by Gasteiger charge is -2.17. The number of aryl methyl sites for hydroxylation is 1. The first-order valence-electron chi connectivity index (χ1n) is 4.87. The second-order valence-corrected chi connectivity index (χ2v) is 4.82. The summed E-state index contributed by atoms with van der Waals surface area (Å²) in [6.45, 7) is 10.5. The highest BCUT2D eigenvalue weighted by Gasteiger charge is 2.18. The van der Waals surface area contributed by atoms with E-state index in [1.54, 1.807) is 0 Å². The highest BCUT2D eigenvalue weighted by atomic mass is 15.3. The zero-order valence-electron chi connectivity index (χ0n) is 9.92. The lowest BCUT2D eigenvalue weighted by molar-refractivity contribution is 0.523. The molecule has 3 nitrogen and oxygen atoms in total. The number of aromatic nitrogens is 2. The molecule has 1 heterocycles. The molecule has 0 fully saturated rings. The van der Waals surface area contributed by atoms with E-state index in [0.717, 1.165) is 11.5 Å². The van der Waals surface area contributed by atoms with Gasteiger partial charge in [0.25, 0.3) is 0 Å². The van der Waals surface area contributed by atoms with Crippen LogP contribution in [0.25, 0.3) is 0 Å². The van der Waals surface area contributed by atoms with Crippen molar-refractivity contribution >= 4 is 11.5 Å². The van der Waals surface area contributed by atoms with E-state index in [1.165, 1.54) is 5.69 Å². The van der Waals surface area contributed by atoms with Crippen LogP contribution in [0.5, 0.6) is 0 Å². The lowest BCUT2D eigenvalue weighted by Crippen LogP contribution is -2.16. The first-order valence-corrected chi connectivity index (χ1v) is 4.87. The lowest BCUT2D eigenvalue weighted by atomic mass is 9.92. The Bertz CT molecular complexity index is 349. The number of rotatable bonds is 1. The van der Waals surface area contributed by atoms with Crippen LogP contribution in [0, 0.1) is 0 Å². The van der Waals surface area contributed by atoms with Gasteiger partial charge in [-0.1, -0.05) is 20.8 Å². The Morgan fingerprint density at radius 2 is 1.93 bits per heavy atom. The van der Waals surface area contributed by atoms with Crippen molar-refractivity contribution in [3.8, 4) is 0 Å². The molecule has 0 saturated carbocycles. The molecule has 1 rings (SSSR count). The Kier molecular flexibility index (Phi) is 2.79. The number of aliphatic imine (C=N–C) groups is 1. The monoisotopic (exact) mass is 193 g/mol. The molecule has 0 radical (unpaired) electrons. The number of hydrogen-bond acceptors (Lipinski definition) is 2. The van der Waals surface area contributed by atoms with Crippen molar-refractivity contribution in [3.05, 3.63) is 11.8 Å². The van der Waals surface area contributed by atoms with Crippen LogP contribution in [-0.2, 0) is 12.5 Å². The molecular formula is C11H19N3. The minimum Gasteiger partial charge on any atom is -0.270 e. The summed E-state index contributed by atoms with van der Waals surface area (Å²) >= 11 is 0. The number of hydrogen-bond donors (Lipinski definition) is 0. The van der Waals surface area contributed by atoms with Gasteiger partial charge in [-0.25, -0.2) is 4.99 Å². The molecule has 1 aromatic rings. The summed E-state index contributed by atoms with van der Waals surface area (Å²) in [5, 5.41) is 4.35. The van der Waals surface area contributed by atoms with Gasteiger partial charge in [0.2, 0.25) is 0 Å². The van der Waals surface area contributed by atoms with E-state index in [4.69, 9.17) is 0 Å². The molecule has 1 aromatic heterocycles. The van der Waals surface area contributed by atoms with E-state index in [9.17, 15) is 0 Å². The van der Waals surface area contributed by atoms with Gasteiger partial charge in [0.05, 0.1) is 0 Å². The average Bonchev–Trinajstić information content (AvgIpc) is 2.27. The Morgan fingerprint density at radius 3 is 2.29 bits per heavy atom. The van der Waals surface area contributed by atoms with Crippen LogP contribution in [0.15, 0.2) is 11.1 Å². The summed E-state index contributed by atoms with van der Waals surface area (Å²) in [6, 6.07) is 2.05. The molecule has 0 aromatic carbocycles. The molecule has 0 bridgehead atoms. The van der Waals surface area contributed by atoms with Crippen LogP contribution in [0.3, 0.4) is 0 Å². The highest BCUT2D eigenvalue weighted by Crippen LogP contribution is 2.25. The minimum atomic E-state index is 0.122. The molecule has 78 valence electrons. The van der Waals surface area contributed by atoms with Crippen molar-refractivity contribution in [2.75, 3.05) is 0 Å². The van der Waals surface area contributed by atoms with Gasteiger partial charge in [-0.3, -0.25) is 4.68 Å². The van der Waals surface area contributed by atoms with Crippen molar-refractivity contribution in [2.45, 2.75) is 40.0 Å². The topological polar surface area (TPSA) is 30.2 Å². The van der Waals surface area contributed by atoms with Gasteiger partial charge in [0.1, 0.15) is 0 Å². The molecule has 0 aliphatic heterocycles. The predicted octanol–water partition coefficient (Wildman–Crippen LogP) is 2.83. The first kappa shape index (κ1) is 11.0. The van der Waals surface area contributed by atoms with Crippen LogP contribution >= 0.6 is 0 Å². The fraction of sp³-hybridized carbons (Fsp3) is 0.636.